The minimum Gasteiger partial charge on any atom is -0.455 e. The van der Waals surface area contributed by atoms with Gasteiger partial charge in [-0.05, 0) is 49.0 Å². The number of nitrogens with two attached hydrogens (primary N) is 1. The molecule has 3 aromatic rings. The fourth-order valence-corrected chi connectivity index (χ4v) is 3.43. The summed E-state index contributed by atoms with van der Waals surface area (Å²) >= 11 is 0. The van der Waals surface area contributed by atoms with Crippen molar-refractivity contribution in [2.75, 3.05) is 20.1 Å². The molecule has 7 nitrogen and oxygen atoms in total. The van der Waals surface area contributed by atoms with Crippen molar-refractivity contribution in [1.82, 2.24) is 15.2 Å². The van der Waals surface area contributed by atoms with Crippen LogP contribution in [-0.2, 0) is 12.7 Å². The smallest absolute Gasteiger partial charge is 0.417 e. The zero-order valence-electron chi connectivity index (χ0n) is 18.6. The third kappa shape index (κ3) is 5.64. The van der Waals surface area contributed by atoms with Gasteiger partial charge in [-0.3, -0.25) is 20.0 Å². The Kier molecular flexibility index (Phi) is 7.27. The molecule has 0 aliphatic heterocycles. The Morgan fingerprint density at radius 3 is 2.55 bits per heavy atom. The van der Waals surface area contributed by atoms with Crippen LogP contribution in [0.2, 0.25) is 0 Å². The van der Waals surface area contributed by atoms with Crippen LogP contribution in [0.25, 0.3) is 10.9 Å². The summed E-state index contributed by atoms with van der Waals surface area (Å²) < 4.78 is 46.7. The number of aliphatic imine (C=N–C) groups is 1. The number of carbonyl (C=O) groups excluding carboxylic acids is 1. The number of hydrogen-bond donors (Lipinski definition) is 3. The molecule has 0 fully saturated rings. The fourth-order valence-electron chi connectivity index (χ4n) is 3.43. The highest BCUT2D eigenvalue weighted by Gasteiger charge is 2.34. The summed E-state index contributed by atoms with van der Waals surface area (Å²) in [5, 5.41) is 2.12. The minimum atomic E-state index is -4.61. The van der Waals surface area contributed by atoms with Gasteiger partial charge in [0.05, 0.1) is 11.1 Å². The zero-order valence-corrected chi connectivity index (χ0v) is 18.6. The maximum absolute atomic E-state index is 13.6. The largest absolute Gasteiger partial charge is 0.455 e. The van der Waals surface area contributed by atoms with Crippen LogP contribution in [0.1, 0.15) is 35.5 Å². The molecule has 0 radical (unpaired) electrons. The van der Waals surface area contributed by atoms with E-state index in [1.807, 2.05) is 18.2 Å². The van der Waals surface area contributed by atoms with Gasteiger partial charge in [0.25, 0.3) is 5.91 Å². The van der Waals surface area contributed by atoms with Crippen LogP contribution in [-0.4, -0.2) is 41.9 Å². The standard InChI is InChI=1S/C23H26F3N5O2/c1-4-31(5-2)13-14-7-6-8-15(11-14)33-19-10-9-17(23(24,25)26)16-12-18(29-20(16)19)21(32)30-22(27)28-3/h6-12,29H,4-5,13H2,1-3H3,(H3,27,28,30,32). The Morgan fingerprint density at radius 1 is 1.18 bits per heavy atom. The first-order valence-electron chi connectivity index (χ1n) is 10.4. The fraction of sp³-hybridized carbons (Fsp3) is 0.304. The van der Waals surface area contributed by atoms with Crippen molar-refractivity contribution in [2.45, 2.75) is 26.6 Å². The lowest BCUT2D eigenvalue weighted by Gasteiger charge is -2.18. The Hall–Kier alpha value is -3.53. The van der Waals surface area contributed by atoms with E-state index in [9.17, 15) is 18.0 Å². The van der Waals surface area contributed by atoms with Gasteiger partial charge in [0.2, 0.25) is 0 Å². The number of rotatable bonds is 7. The lowest BCUT2D eigenvalue weighted by Crippen LogP contribution is -2.36. The van der Waals surface area contributed by atoms with E-state index >= 15 is 0 Å². The number of nitrogens with one attached hydrogen (secondary N) is 2. The zero-order chi connectivity index (χ0) is 24.2. The number of amides is 1. The molecule has 0 aliphatic carbocycles. The monoisotopic (exact) mass is 461 g/mol. The number of halogens is 3. The van der Waals surface area contributed by atoms with E-state index in [-0.39, 0.29) is 28.3 Å². The van der Waals surface area contributed by atoms with Crippen LogP contribution >= 0.6 is 0 Å². The summed E-state index contributed by atoms with van der Waals surface area (Å²) in [4.78, 5) is 21.0. The molecule has 0 aliphatic rings. The summed E-state index contributed by atoms with van der Waals surface area (Å²) in [6, 6.07) is 10.7. The molecular weight excluding hydrogens is 435 g/mol. The number of H-pyrrole nitrogens is 1. The molecule has 10 heteroatoms. The van der Waals surface area contributed by atoms with E-state index in [0.717, 1.165) is 37.3 Å². The van der Waals surface area contributed by atoms with E-state index < -0.39 is 17.6 Å². The first kappa shape index (κ1) is 24.1. The quantitative estimate of drug-likeness (QED) is 0.357. The number of guanidine groups is 1. The first-order chi connectivity index (χ1) is 15.7. The van der Waals surface area contributed by atoms with Gasteiger partial charge in [-0.15, -0.1) is 0 Å². The van der Waals surface area contributed by atoms with E-state index in [1.165, 1.54) is 13.1 Å². The van der Waals surface area contributed by atoms with Crippen molar-refractivity contribution >= 4 is 22.8 Å². The summed E-state index contributed by atoms with van der Waals surface area (Å²) in [6.07, 6.45) is -4.61. The van der Waals surface area contributed by atoms with E-state index in [1.54, 1.807) is 6.07 Å². The molecule has 2 aromatic carbocycles. The molecule has 0 bridgehead atoms. The molecule has 4 N–H and O–H groups in total. The predicted molar refractivity (Wildman–Crippen MR) is 121 cm³/mol. The number of benzene rings is 2. The van der Waals surface area contributed by atoms with Crippen LogP contribution in [0.4, 0.5) is 13.2 Å². The second-order valence-electron chi connectivity index (χ2n) is 7.35. The number of fused-ring (bicyclic) bond motifs is 1. The number of nitrogens with zero attached hydrogens (tertiary/aromatic N) is 2. The molecule has 0 saturated heterocycles. The third-order valence-corrected chi connectivity index (χ3v) is 5.22. The van der Waals surface area contributed by atoms with Crippen molar-refractivity contribution in [3.8, 4) is 11.5 Å². The van der Waals surface area contributed by atoms with Gasteiger partial charge >= 0.3 is 6.18 Å². The van der Waals surface area contributed by atoms with Gasteiger partial charge in [-0.2, -0.15) is 13.2 Å². The maximum atomic E-state index is 13.6. The van der Waals surface area contributed by atoms with Crippen molar-refractivity contribution < 1.29 is 22.7 Å². The Bertz CT molecular complexity index is 1170. The molecule has 1 amide bonds. The van der Waals surface area contributed by atoms with Crippen LogP contribution in [0.5, 0.6) is 11.5 Å². The summed E-state index contributed by atoms with van der Waals surface area (Å²) in [6.45, 7) is 6.65. The minimum absolute atomic E-state index is 0.0520. The normalized spacial score (nSPS) is 12.4. The highest BCUT2D eigenvalue weighted by atomic mass is 19.4. The number of aromatic nitrogens is 1. The summed E-state index contributed by atoms with van der Waals surface area (Å²) in [5.74, 6) is -0.233. The molecule has 33 heavy (non-hydrogen) atoms. The average molecular weight is 461 g/mol. The average Bonchev–Trinajstić information content (AvgIpc) is 3.23. The summed E-state index contributed by atoms with van der Waals surface area (Å²) in [7, 11) is 1.38. The topological polar surface area (TPSA) is 95.7 Å². The Morgan fingerprint density at radius 2 is 1.91 bits per heavy atom. The lowest BCUT2D eigenvalue weighted by atomic mass is 10.1. The molecule has 0 unspecified atom stereocenters. The second-order valence-corrected chi connectivity index (χ2v) is 7.35. The van der Waals surface area contributed by atoms with Crippen LogP contribution in [0.3, 0.4) is 0 Å². The highest BCUT2D eigenvalue weighted by Crippen LogP contribution is 2.39. The van der Waals surface area contributed by atoms with Crippen molar-refractivity contribution in [3.63, 3.8) is 0 Å². The molecule has 0 atom stereocenters. The maximum Gasteiger partial charge on any atom is 0.417 e. The predicted octanol–water partition coefficient (Wildman–Crippen LogP) is 4.50. The molecule has 176 valence electrons. The van der Waals surface area contributed by atoms with Crippen LogP contribution < -0.4 is 15.8 Å². The molecule has 3 rings (SSSR count). The van der Waals surface area contributed by atoms with E-state index in [0.29, 0.717) is 5.75 Å². The van der Waals surface area contributed by atoms with Gasteiger partial charge in [0.1, 0.15) is 11.4 Å². The number of carbonyl (C=O) groups is 1. The van der Waals surface area contributed by atoms with Gasteiger partial charge < -0.3 is 15.5 Å². The number of ether oxygens (including phenoxy) is 1. The molecular formula is C23H26F3N5O2. The van der Waals surface area contributed by atoms with Crippen molar-refractivity contribution in [2.24, 2.45) is 10.7 Å². The Labute approximate surface area is 189 Å². The van der Waals surface area contributed by atoms with Gasteiger partial charge in [-0.1, -0.05) is 26.0 Å². The van der Waals surface area contributed by atoms with E-state index in [2.05, 4.69) is 34.0 Å². The van der Waals surface area contributed by atoms with Gasteiger partial charge in [0, 0.05) is 19.0 Å². The van der Waals surface area contributed by atoms with Gasteiger partial charge in [0.15, 0.2) is 11.7 Å². The molecule has 1 heterocycles. The van der Waals surface area contributed by atoms with Crippen LogP contribution in [0, 0.1) is 0 Å². The SMILES string of the molecule is CCN(CC)Cc1cccc(Oc2ccc(C(F)(F)F)c3cc(C(=O)NC(N)=NC)[nH]c23)c1. The third-order valence-electron chi connectivity index (χ3n) is 5.22. The number of alkyl halides is 3. The molecule has 1 aromatic heterocycles. The lowest BCUT2D eigenvalue weighted by molar-refractivity contribution is -0.136. The van der Waals surface area contributed by atoms with Crippen molar-refractivity contribution in [3.05, 3.63) is 59.3 Å². The Balaban J connectivity index is 2.01. The van der Waals surface area contributed by atoms with Crippen LogP contribution in [0.15, 0.2) is 47.5 Å². The van der Waals surface area contributed by atoms with E-state index in [4.69, 9.17) is 10.5 Å². The molecule has 0 spiro atoms. The van der Waals surface area contributed by atoms with Crippen molar-refractivity contribution in [1.29, 1.82) is 0 Å². The number of aromatic amines is 1. The van der Waals surface area contributed by atoms with Gasteiger partial charge in [-0.25, -0.2) is 0 Å². The summed E-state index contributed by atoms with van der Waals surface area (Å²) in [5.41, 5.74) is 5.58. The highest BCUT2D eigenvalue weighted by molar-refractivity contribution is 6.07. The first-order valence-corrected chi connectivity index (χ1v) is 10.4. The number of hydrogen-bond acceptors (Lipinski definition) is 4. The molecule has 0 saturated carbocycles. The second kappa shape index (κ2) is 9.95.